The number of phenols is 3. The molecule has 0 saturated carbocycles. The minimum Gasteiger partial charge on any atom is -0.504 e. The highest BCUT2D eigenvalue weighted by Gasteiger charge is 2.10. The summed E-state index contributed by atoms with van der Waals surface area (Å²) in [7, 11) is 1.62. The number of nitrogens with one attached hydrogen (secondary N) is 1. The van der Waals surface area contributed by atoms with Gasteiger partial charge in [-0.1, -0.05) is 6.07 Å². The van der Waals surface area contributed by atoms with Gasteiger partial charge in [0, 0.05) is 25.8 Å². The summed E-state index contributed by atoms with van der Waals surface area (Å²) in [5.41, 5.74) is 0.526. The third-order valence-electron chi connectivity index (χ3n) is 2.36. The number of hydrogen-bond acceptors (Lipinski definition) is 5. The normalized spacial score (nSPS) is 12.6. The molecule has 1 atom stereocenters. The summed E-state index contributed by atoms with van der Waals surface area (Å²) in [5, 5.41) is 31.0. The maximum absolute atomic E-state index is 9.52. The third-order valence-corrected chi connectivity index (χ3v) is 2.36. The van der Waals surface area contributed by atoms with E-state index < -0.39 is 5.75 Å². The Morgan fingerprint density at radius 2 is 1.94 bits per heavy atom. The number of rotatable bonds is 5. The number of aromatic hydroxyl groups is 3. The van der Waals surface area contributed by atoms with E-state index in [-0.39, 0.29) is 17.6 Å². The van der Waals surface area contributed by atoms with Crippen LogP contribution in [0.1, 0.15) is 12.5 Å². The van der Waals surface area contributed by atoms with Crippen LogP contribution in [0.2, 0.25) is 0 Å². The monoisotopic (exact) mass is 227 g/mol. The molecule has 1 aromatic carbocycles. The first-order chi connectivity index (χ1) is 7.56. The predicted molar refractivity (Wildman–Crippen MR) is 59.6 cm³/mol. The highest BCUT2D eigenvalue weighted by molar-refractivity contribution is 5.52. The molecule has 4 N–H and O–H groups in total. The molecule has 5 nitrogen and oxygen atoms in total. The Morgan fingerprint density at radius 1 is 1.25 bits per heavy atom. The molecule has 5 heteroatoms. The third kappa shape index (κ3) is 3.01. The van der Waals surface area contributed by atoms with E-state index in [9.17, 15) is 10.2 Å². The van der Waals surface area contributed by atoms with Gasteiger partial charge in [-0.25, -0.2) is 0 Å². The lowest BCUT2D eigenvalue weighted by Gasteiger charge is -2.12. The summed E-state index contributed by atoms with van der Waals surface area (Å²) in [6.07, 6.45) is 0.0767. The fourth-order valence-electron chi connectivity index (χ4n) is 1.25. The number of methoxy groups -OCH3 is 1. The standard InChI is InChI=1S/C11H17NO4/c1-7(16-2)5-12-6-8-3-4-9(13)11(15)10(8)14/h3-4,7,12-15H,5-6H2,1-2H3. The highest BCUT2D eigenvalue weighted by Crippen LogP contribution is 2.36. The molecule has 0 aliphatic heterocycles. The zero-order valence-electron chi connectivity index (χ0n) is 9.40. The maximum atomic E-state index is 9.52. The van der Waals surface area contributed by atoms with Crippen molar-refractivity contribution in [3.8, 4) is 17.2 Å². The Morgan fingerprint density at radius 3 is 2.56 bits per heavy atom. The van der Waals surface area contributed by atoms with E-state index in [1.165, 1.54) is 6.07 Å². The molecule has 0 saturated heterocycles. The van der Waals surface area contributed by atoms with E-state index >= 15 is 0 Å². The molecule has 1 unspecified atom stereocenters. The first kappa shape index (κ1) is 12.6. The van der Waals surface area contributed by atoms with Gasteiger partial charge in [-0.05, 0) is 13.0 Å². The summed E-state index contributed by atoms with van der Waals surface area (Å²) in [6.45, 7) is 2.95. The van der Waals surface area contributed by atoms with E-state index in [1.807, 2.05) is 6.92 Å². The van der Waals surface area contributed by atoms with E-state index in [0.29, 0.717) is 18.7 Å². The minimum atomic E-state index is -0.487. The molecular weight excluding hydrogens is 210 g/mol. The quantitative estimate of drug-likeness (QED) is 0.562. The second kappa shape index (κ2) is 5.58. The van der Waals surface area contributed by atoms with Crippen LogP contribution in [0.4, 0.5) is 0 Å². The summed E-state index contributed by atoms with van der Waals surface area (Å²) < 4.78 is 5.05. The van der Waals surface area contributed by atoms with Crippen LogP contribution < -0.4 is 5.32 Å². The lowest BCUT2D eigenvalue weighted by molar-refractivity contribution is 0.117. The van der Waals surface area contributed by atoms with E-state index in [0.717, 1.165) is 0 Å². The van der Waals surface area contributed by atoms with Gasteiger partial charge in [0.1, 0.15) is 0 Å². The molecule has 0 heterocycles. The van der Waals surface area contributed by atoms with Gasteiger partial charge in [0.05, 0.1) is 6.10 Å². The van der Waals surface area contributed by atoms with Gasteiger partial charge in [-0.3, -0.25) is 0 Å². The van der Waals surface area contributed by atoms with Crippen LogP contribution in [0.25, 0.3) is 0 Å². The minimum absolute atomic E-state index is 0.0767. The smallest absolute Gasteiger partial charge is 0.200 e. The maximum Gasteiger partial charge on any atom is 0.200 e. The molecule has 0 aliphatic rings. The lowest BCUT2D eigenvalue weighted by atomic mass is 10.1. The Labute approximate surface area is 94.3 Å². The van der Waals surface area contributed by atoms with Crippen LogP contribution in [-0.4, -0.2) is 35.1 Å². The molecular formula is C11H17NO4. The molecule has 0 amide bonds. The Bertz CT molecular complexity index is 354. The number of benzene rings is 1. The Balaban J connectivity index is 2.58. The second-order valence-electron chi connectivity index (χ2n) is 3.62. The topological polar surface area (TPSA) is 82.0 Å². The molecule has 0 aliphatic carbocycles. The molecule has 1 aromatic rings. The Hall–Kier alpha value is -1.46. The van der Waals surface area contributed by atoms with E-state index in [1.54, 1.807) is 13.2 Å². The van der Waals surface area contributed by atoms with Crippen molar-refractivity contribution in [3.63, 3.8) is 0 Å². The van der Waals surface area contributed by atoms with Crippen molar-refractivity contribution < 1.29 is 20.1 Å². The molecule has 0 bridgehead atoms. The zero-order chi connectivity index (χ0) is 12.1. The lowest BCUT2D eigenvalue weighted by Crippen LogP contribution is -2.25. The molecule has 0 radical (unpaired) electrons. The van der Waals surface area contributed by atoms with Crippen molar-refractivity contribution in [3.05, 3.63) is 17.7 Å². The van der Waals surface area contributed by atoms with Crippen molar-refractivity contribution in [1.29, 1.82) is 0 Å². The van der Waals surface area contributed by atoms with Crippen molar-refractivity contribution in [1.82, 2.24) is 5.32 Å². The fourth-order valence-corrected chi connectivity index (χ4v) is 1.25. The summed E-state index contributed by atoms with van der Waals surface area (Å²) in [6, 6.07) is 2.89. The van der Waals surface area contributed by atoms with Crippen LogP contribution in [0.3, 0.4) is 0 Å². The zero-order valence-corrected chi connectivity index (χ0v) is 9.40. The van der Waals surface area contributed by atoms with Crippen molar-refractivity contribution in [2.45, 2.75) is 19.6 Å². The fraction of sp³-hybridized carbons (Fsp3) is 0.455. The molecule has 90 valence electrons. The molecule has 16 heavy (non-hydrogen) atoms. The second-order valence-corrected chi connectivity index (χ2v) is 3.62. The Kier molecular flexibility index (Phi) is 4.39. The van der Waals surface area contributed by atoms with Crippen LogP contribution in [0.5, 0.6) is 17.2 Å². The van der Waals surface area contributed by atoms with Gasteiger partial charge in [-0.2, -0.15) is 0 Å². The van der Waals surface area contributed by atoms with Gasteiger partial charge < -0.3 is 25.4 Å². The van der Waals surface area contributed by atoms with Crippen molar-refractivity contribution in [2.75, 3.05) is 13.7 Å². The van der Waals surface area contributed by atoms with E-state index in [2.05, 4.69) is 5.32 Å². The van der Waals surface area contributed by atoms with Crippen LogP contribution >= 0.6 is 0 Å². The molecule has 0 spiro atoms. The number of phenolic OH excluding ortho intramolecular Hbond substituents is 3. The van der Waals surface area contributed by atoms with Gasteiger partial charge in [0.25, 0.3) is 0 Å². The average molecular weight is 227 g/mol. The molecule has 1 rings (SSSR count). The van der Waals surface area contributed by atoms with Gasteiger partial charge in [-0.15, -0.1) is 0 Å². The van der Waals surface area contributed by atoms with Gasteiger partial charge in [0.15, 0.2) is 11.5 Å². The SMILES string of the molecule is COC(C)CNCc1ccc(O)c(O)c1O. The first-order valence-corrected chi connectivity index (χ1v) is 5.02. The number of hydrogen-bond donors (Lipinski definition) is 4. The predicted octanol–water partition coefficient (Wildman–Crippen LogP) is 0.928. The number of ether oxygens (including phenoxy) is 1. The summed E-state index contributed by atoms with van der Waals surface area (Å²) >= 11 is 0. The summed E-state index contributed by atoms with van der Waals surface area (Å²) in [5.74, 6) is -1.11. The largest absolute Gasteiger partial charge is 0.504 e. The van der Waals surface area contributed by atoms with E-state index in [4.69, 9.17) is 9.84 Å². The van der Waals surface area contributed by atoms with Crippen LogP contribution in [-0.2, 0) is 11.3 Å². The van der Waals surface area contributed by atoms with Crippen molar-refractivity contribution >= 4 is 0 Å². The van der Waals surface area contributed by atoms with Crippen LogP contribution in [0.15, 0.2) is 12.1 Å². The van der Waals surface area contributed by atoms with Gasteiger partial charge in [0.2, 0.25) is 5.75 Å². The van der Waals surface area contributed by atoms with Crippen LogP contribution in [0, 0.1) is 0 Å². The van der Waals surface area contributed by atoms with Gasteiger partial charge >= 0.3 is 0 Å². The molecule has 0 fully saturated rings. The summed E-state index contributed by atoms with van der Waals surface area (Å²) in [4.78, 5) is 0. The average Bonchev–Trinajstić information content (AvgIpc) is 2.29. The highest BCUT2D eigenvalue weighted by atomic mass is 16.5. The van der Waals surface area contributed by atoms with Crippen molar-refractivity contribution in [2.24, 2.45) is 0 Å². The first-order valence-electron chi connectivity index (χ1n) is 5.02. The molecule has 0 aromatic heterocycles.